The monoisotopic (exact) mass is 361 g/mol. The fourth-order valence-electron chi connectivity index (χ4n) is 3.41. The molecule has 1 aliphatic rings. The summed E-state index contributed by atoms with van der Waals surface area (Å²) in [6.45, 7) is 2.50. The van der Waals surface area contributed by atoms with Crippen LogP contribution in [0.25, 0.3) is 0 Å². The quantitative estimate of drug-likeness (QED) is 0.842. The van der Waals surface area contributed by atoms with Gasteiger partial charge in [-0.2, -0.15) is 5.10 Å². The lowest BCUT2D eigenvalue weighted by Crippen LogP contribution is -2.39. The summed E-state index contributed by atoms with van der Waals surface area (Å²) in [5.74, 6) is -0.117. The number of hydrogen-bond donors (Lipinski definition) is 0. The van der Waals surface area contributed by atoms with Crippen LogP contribution in [0.3, 0.4) is 0 Å². The molecule has 1 saturated heterocycles. The molecule has 3 rings (SSSR count). The van der Waals surface area contributed by atoms with Crippen molar-refractivity contribution in [3.8, 4) is 0 Å². The van der Waals surface area contributed by atoms with Crippen molar-refractivity contribution in [2.45, 2.75) is 37.1 Å². The zero-order valence-electron chi connectivity index (χ0n) is 14.8. The molecule has 0 bridgehead atoms. The lowest BCUT2D eigenvalue weighted by Gasteiger charge is -2.36. The van der Waals surface area contributed by atoms with Crippen molar-refractivity contribution in [2.75, 3.05) is 12.8 Å². The Balaban J connectivity index is 2.00. The molecule has 1 fully saturated rings. The number of rotatable bonds is 3. The maximum Gasteiger partial charge on any atom is 0.254 e. The SMILES string of the molecule is Cc1ccc(S(C)(=O)=O)cc1C(=O)N1CCCCC1c1ccnn1C. The lowest BCUT2D eigenvalue weighted by molar-refractivity contribution is 0.0600. The molecule has 1 aromatic carbocycles. The van der Waals surface area contributed by atoms with E-state index in [4.69, 9.17) is 0 Å². The smallest absolute Gasteiger partial charge is 0.254 e. The lowest BCUT2D eigenvalue weighted by atomic mass is 9.97. The highest BCUT2D eigenvalue weighted by Crippen LogP contribution is 2.32. The van der Waals surface area contributed by atoms with Crippen molar-refractivity contribution in [2.24, 2.45) is 7.05 Å². The summed E-state index contributed by atoms with van der Waals surface area (Å²) in [6, 6.07) is 6.66. The largest absolute Gasteiger partial charge is 0.330 e. The number of carbonyl (C=O) groups excluding carboxylic acids is 1. The minimum Gasteiger partial charge on any atom is -0.330 e. The van der Waals surface area contributed by atoms with Crippen molar-refractivity contribution in [3.63, 3.8) is 0 Å². The van der Waals surface area contributed by atoms with Crippen molar-refractivity contribution in [3.05, 3.63) is 47.3 Å². The van der Waals surface area contributed by atoms with Gasteiger partial charge < -0.3 is 4.90 Å². The van der Waals surface area contributed by atoms with Crippen LogP contribution in [0.15, 0.2) is 35.4 Å². The predicted octanol–water partition coefficient (Wildman–Crippen LogP) is 2.50. The second-order valence-corrected chi connectivity index (χ2v) is 8.65. The summed E-state index contributed by atoms with van der Waals surface area (Å²) in [6.07, 6.45) is 5.79. The van der Waals surface area contributed by atoms with Crippen LogP contribution in [0.1, 0.15) is 46.9 Å². The topological polar surface area (TPSA) is 72.3 Å². The fraction of sp³-hybridized carbons (Fsp3) is 0.444. The Labute approximate surface area is 148 Å². The van der Waals surface area contributed by atoms with Crippen LogP contribution in [0, 0.1) is 6.92 Å². The van der Waals surface area contributed by atoms with Gasteiger partial charge in [0, 0.05) is 31.6 Å². The van der Waals surface area contributed by atoms with E-state index < -0.39 is 9.84 Å². The molecular formula is C18H23N3O3S. The minimum absolute atomic E-state index is 0.0324. The summed E-state index contributed by atoms with van der Waals surface area (Å²) < 4.78 is 25.5. The van der Waals surface area contributed by atoms with Crippen LogP contribution in [0.4, 0.5) is 0 Å². The summed E-state index contributed by atoms with van der Waals surface area (Å²) in [5.41, 5.74) is 2.24. The second kappa shape index (κ2) is 6.63. The van der Waals surface area contributed by atoms with Gasteiger partial charge in [-0.05, 0) is 49.9 Å². The highest BCUT2D eigenvalue weighted by Gasteiger charge is 2.31. The van der Waals surface area contributed by atoms with Crippen LogP contribution in [0.2, 0.25) is 0 Å². The molecule has 0 saturated carbocycles. The molecule has 0 N–H and O–H groups in total. The number of nitrogens with zero attached hydrogens (tertiary/aromatic N) is 3. The first kappa shape index (κ1) is 17.7. The van der Waals surface area contributed by atoms with Gasteiger partial charge in [0.05, 0.1) is 16.6 Å². The third kappa shape index (κ3) is 3.46. The molecule has 1 atom stereocenters. The minimum atomic E-state index is -3.35. The molecule has 0 spiro atoms. The number of aromatic nitrogens is 2. The van der Waals surface area contributed by atoms with E-state index in [0.717, 1.165) is 36.8 Å². The first-order valence-electron chi connectivity index (χ1n) is 8.38. The first-order valence-corrected chi connectivity index (χ1v) is 10.3. The third-order valence-corrected chi connectivity index (χ3v) is 5.94. The van der Waals surface area contributed by atoms with Crippen LogP contribution in [-0.4, -0.2) is 41.8 Å². The van der Waals surface area contributed by atoms with Crippen LogP contribution >= 0.6 is 0 Å². The van der Waals surface area contributed by atoms with Gasteiger partial charge in [-0.1, -0.05) is 6.07 Å². The maximum absolute atomic E-state index is 13.2. The molecule has 1 aromatic heterocycles. The molecule has 1 unspecified atom stereocenters. The Bertz CT molecular complexity index is 902. The molecule has 2 heterocycles. The summed E-state index contributed by atoms with van der Waals surface area (Å²) in [5, 5.41) is 4.22. The van der Waals surface area contributed by atoms with Crippen molar-refractivity contribution in [1.29, 1.82) is 0 Å². The molecule has 1 aliphatic heterocycles. The van der Waals surface area contributed by atoms with E-state index >= 15 is 0 Å². The Morgan fingerprint density at radius 3 is 2.64 bits per heavy atom. The average Bonchev–Trinajstić information content (AvgIpc) is 2.99. The molecule has 25 heavy (non-hydrogen) atoms. The van der Waals surface area contributed by atoms with E-state index in [0.29, 0.717) is 12.1 Å². The van der Waals surface area contributed by atoms with Gasteiger partial charge in [-0.3, -0.25) is 9.48 Å². The van der Waals surface area contributed by atoms with Crippen LogP contribution in [-0.2, 0) is 16.9 Å². The highest BCUT2D eigenvalue weighted by molar-refractivity contribution is 7.90. The van der Waals surface area contributed by atoms with E-state index in [-0.39, 0.29) is 16.8 Å². The number of aryl methyl sites for hydroxylation is 2. The number of carbonyl (C=O) groups is 1. The molecule has 1 amide bonds. The molecule has 7 heteroatoms. The van der Waals surface area contributed by atoms with Gasteiger partial charge in [0.15, 0.2) is 9.84 Å². The second-order valence-electron chi connectivity index (χ2n) is 6.64. The molecule has 134 valence electrons. The predicted molar refractivity (Wildman–Crippen MR) is 95.1 cm³/mol. The van der Waals surface area contributed by atoms with Crippen molar-refractivity contribution < 1.29 is 13.2 Å². The van der Waals surface area contributed by atoms with Gasteiger partial charge in [0.2, 0.25) is 0 Å². The normalized spacial score (nSPS) is 18.4. The van der Waals surface area contributed by atoms with E-state index in [9.17, 15) is 13.2 Å². The molecular weight excluding hydrogens is 338 g/mol. The Hall–Kier alpha value is -2.15. The summed E-state index contributed by atoms with van der Waals surface area (Å²) >= 11 is 0. The van der Waals surface area contributed by atoms with E-state index in [2.05, 4.69) is 5.10 Å². The average molecular weight is 361 g/mol. The van der Waals surface area contributed by atoms with Gasteiger partial charge in [-0.15, -0.1) is 0 Å². The van der Waals surface area contributed by atoms with Crippen molar-refractivity contribution >= 4 is 15.7 Å². The Morgan fingerprint density at radius 2 is 2.00 bits per heavy atom. The van der Waals surface area contributed by atoms with E-state index in [1.807, 2.05) is 24.9 Å². The van der Waals surface area contributed by atoms with Crippen LogP contribution < -0.4 is 0 Å². The number of piperidine rings is 1. The van der Waals surface area contributed by atoms with Gasteiger partial charge >= 0.3 is 0 Å². The summed E-state index contributed by atoms with van der Waals surface area (Å²) in [4.78, 5) is 15.3. The van der Waals surface area contributed by atoms with Crippen LogP contribution in [0.5, 0.6) is 0 Å². The zero-order valence-corrected chi connectivity index (χ0v) is 15.6. The number of hydrogen-bond acceptors (Lipinski definition) is 4. The molecule has 2 aromatic rings. The number of benzene rings is 1. The first-order chi connectivity index (χ1) is 11.8. The molecule has 0 aliphatic carbocycles. The third-order valence-electron chi connectivity index (χ3n) is 4.83. The zero-order chi connectivity index (χ0) is 18.2. The van der Waals surface area contributed by atoms with Gasteiger partial charge in [0.1, 0.15) is 0 Å². The van der Waals surface area contributed by atoms with E-state index in [1.54, 1.807) is 23.0 Å². The fourth-order valence-corrected chi connectivity index (χ4v) is 4.06. The Morgan fingerprint density at radius 1 is 1.24 bits per heavy atom. The molecule has 6 nitrogen and oxygen atoms in total. The highest BCUT2D eigenvalue weighted by atomic mass is 32.2. The maximum atomic E-state index is 13.2. The van der Waals surface area contributed by atoms with E-state index in [1.165, 1.54) is 6.07 Å². The number of likely N-dealkylation sites (tertiary alicyclic amines) is 1. The number of amides is 1. The summed E-state index contributed by atoms with van der Waals surface area (Å²) in [7, 11) is -1.48. The molecule has 0 radical (unpaired) electrons. The van der Waals surface area contributed by atoms with Crippen molar-refractivity contribution in [1.82, 2.24) is 14.7 Å². The number of sulfone groups is 1. The Kier molecular flexibility index (Phi) is 4.69. The van der Waals surface area contributed by atoms with Gasteiger partial charge in [-0.25, -0.2) is 8.42 Å². The standard InChI is InChI=1S/C18H23N3O3S/c1-13-7-8-14(25(3,23)24)12-15(13)18(22)21-11-5-4-6-17(21)16-9-10-19-20(16)2/h7-10,12,17H,4-6,11H2,1-3H3. The van der Waals surface area contributed by atoms with Gasteiger partial charge in [0.25, 0.3) is 5.91 Å².